The number of phenols is 1. The Morgan fingerprint density at radius 3 is 2.53 bits per heavy atom. The number of benzene rings is 1. The van der Waals surface area contributed by atoms with Gasteiger partial charge in [-0.15, -0.1) is 0 Å². The Balaban J connectivity index is 2.71. The molecule has 0 unspecified atom stereocenters. The number of nitrogens with two attached hydrogens (primary N) is 1. The number of aromatic hydroxyl groups is 1. The van der Waals surface area contributed by atoms with Crippen molar-refractivity contribution in [3.05, 3.63) is 29.3 Å². The third kappa shape index (κ3) is 2.30. The third-order valence-corrected chi connectivity index (χ3v) is 3.47. The zero-order valence-corrected chi connectivity index (χ0v) is 11.9. The van der Waals surface area contributed by atoms with Crippen LogP contribution in [0.15, 0.2) is 18.2 Å². The summed E-state index contributed by atoms with van der Waals surface area (Å²) in [6, 6.07) is 5.87. The Labute approximate surface area is 113 Å². The molecular formula is C15H21N3O. The summed E-state index contributed by atoms with van der Waals surface area (Å²) >= 11 is 0. The lowest BCUT2D eigenvalue weighted by Crippen LogP contribution is -1.98. The van der Waals surface area contributed by atoms with Crippen molar-refractivity contribution in [1.29, 1.82) is 0 Å². The van der Waals surface area contributed by atoms with Gasteiger partial charge < -0.3 is 10.8 Å². The van der Waals surface area contributed by atoms with E-state index in [0.29, 0.717) is 17.5 Å². The van der Waals surface area contributed by atoms with Crippen molar-refractivity contribution in [2.75, 3.05) is 5.73 Å². The first-order valence-corrected chi connectivity index (χ1v) is 6.60. The monoisotopic (exact) mass is 259 g/mol. The van der Waals surface area contributed by atoms with Crippen LogP contribution in [-0.2, 0) is 13.5 Å². The van der Waals surface area contributed by atoms with E-state index in [0.717, 1.165) is 28.8 Å². The number of aromatic nitrogens is 2. The summed E-state index contributed by atoms with van der Waals surface area (Å²) in [5, 5.41) is 14.9. The quantitative estimate of drug-likeness (QED) is 0.890. The Morgan fingerprint density at radius 2 is 2.05 bits per heavy atom. The molecule has 19 heavy (non-hydrogen) atoms. The van der Waals surface area contributed by atoms with Gasteiger partial charge in [-0.25, -0.2) is 0 Å². The summed E-state index contributed by atoms with van der Waals surface area (Å²) in [5.74, 6) is 1.23. The molecule has 102 valence electrons. The molecular weight excluding hydrogens is 238 g/mol. The summed E-state index contributed by atoms with van der Waals surface area (Å²) in [6.45, 7) is 6.24. The van der Waals surface area contributed by atoms with Gasteiger partial charge in [0.1, 0.15) is 11.6 Å². The highest BCUT2D eigenvalue weighted by atomic mass is 16.3. The largest absolute Gasteiger partial charge is 0.507 e. The van der Waals surface area contributed by atoms with E-state index >= 15 is 0 Å². The van der Waals surface area contributed by atoms with E-state index in [2.05, 4.69) is 25.0 Å². The lowest BCUT2D eigenvalue weighted by atomic mass is 9.92. The first-order valence-electron chi connectivity index (χ1n) is 6.60. The van der Waals surface area contributed by atoms with Gasteiger partial charge in [0.05, 0.1) is 5.69 Å². The molecule has 0 spiro atoms. The molecule has 3 N–H and O–H groups in total. The van der Waals surface area contributed by atoms with E-state index in [4.69, 9.17) is 5.73 Å². The summed E-state index contributed by atoms with van der Waals surface area (Å²) < 4.78 is 1.62. The average molecular weight is 259 g/mol. The molecule has 0 aliphatic rings. The highest BCUT2D eigenvalue weighted by Crippen LogP contribution is 2.38. The van der Waals surface area contributed by atoms with E-state index < -0.39 is 0 Å². The van der Waals surface area contributed by atoms with E-state index in [1.54, 1.807) is 17.8 Å². The first kappa shape index (κ1) is 13.5. The van der Waals surface area contributed by atoms with Crippen LogP contribution in [0.3, 0.4) is 0 Å². The number of aryl methyl sites for hydroxylation is 2. The van der Waals surface area contributed by atoms with Gasteiger partial charge in [-0.05, 0) is 23.5 Å². The maximum absolute atomic E-state index is 10.5. The lowest BCUT2D eigenvalue weighted by Gasteiger charge is -2.15. The van der Waals surface area contributed by atoms with Crippen molar-refractivity contribution in [2.45, 2.75) is 33.1 Å². The average Bonchev–Trinajstić information content (AvgIpc) is 2.68. The Hall–Kier alpha value is -1.97. The van der Waals surface area contributed by atoms with Gasteiger partial charge in [0.2, 0.25) is 0 Å². The lowest BCUT2D eigenvalue weighted by molar-refractivity contribution is 0.469. The van der Waals surface area contributed by atoms with Crippen LogP contribution in [0.2, 0.25) is 0 Å². The molecule has 0 amide bonds. The molecule has 1 heterocycles. The number of anilines is 1. The van der Waals surface area contributed by atoms with Crippen LogP contribution in [0.1, 0.15) is 37.8 Å². The van der Waals surface area contributed by atoms with Crippen LogP contribution in [0, 0.1) is 0 Å². The summed E-state index contributed by atoms with van der Waals surface area (Å²) in [5.41, 5.74) is 9.41. The number of phenolic OH excluding ortho intramolecular Hbond substituents is 1. The number of nitrogen functional groups attached to an aromatic ring is 1. The van der Waals surface area contributed by atoms with Gasteiger partial charge in [0, 0.05) is 18.7 Å². The van der Waals surface area contributed by atoms with Crippen LogP contribution < -0.4 is 5.73 Å². The molecule has 0 aliphatic carbocycles. The summed E-state index contributed by atoms with van der Waals surface area (Å²) in [4.78, 5) is 0. The molecule has 0 saturated heterocycles. The summed E-state index contributed by atoms with van der Waals surface area (Å²) in [7, 11) is 1.80. The van der Waals surface area contributed by atoms with Crippen molar-refractivity contribution < 1.29 is 5.11 Å². The zero-order chi connectivity index (χ0) is 14.2. The fourth-order valence-corrected chi connectivity index (χ4v) is 2.29. The fraction of sp³-hybridized carbons (Fsp3) is 0.400. The first-order chi connectivity index (χ1) is 8.95. The maximum atomic E-state index is 10.5. The molecule has 4 heteroatoms. The SMILES string of the molecule is CCc1ccc(C(C)C)c(-c2cc(N)n(C)n2)c1O. The molecule has 4 nitrogen and oxygen atoms in total. The topological polar surface area (TPSA) is 64.1 Å². The van der Waals surface area contributed by atoms with Gasteiger partial charge in [-0.1, -0.05) is 32.9 Å². The molecule has 0 fully saturated rings. The van der Waals surface area contributed by atoms with Crippen LogP contribution in [-0.4, -0.2) is 14.9 Å². The minimum Gasteiger partial charge on any atom is -0.507 e. The highest BCUT2D eigenvalue weighted by Gasteiger charge is 2.18. The molecule has 1 aromatic heterocycles. The highest BCUT2D eigenvalue weighted by molar-refractivity contribution is 5.74. The Bertz CT molecular complexity index is 580. The van der Waals surface area contributed by atoms with E-state index in [1.807, 2.05) is 13.0 Å². The molecule has 0 atom stereocenters. The van der Waals surface area contributed by atoms with Gasteiger partial charge in [0.15, 0.2) is 0 Å². The van der Waals surface area contributed by atoms with Crippen LogP contribution >= 0.6 is 0 Å². The number of rotatable bonds is 3. The minimum atomic E-state index is 0.315. The number of nitrogens with zero attached hydrogens (tertiary/aromatic N) is 2. The van der Waals surface area contributed by atoms with E-state index in [-0.39, 0.29) is 0 Å². The Morgan fingerprint density at radius 1 is 1.37 bits per heavy atom. The normalized spacial score (nSPS) is 11.2. The second-order valence-corrected chi connectivity index (χ2v) is 5.12. The second kappa shape index (κ2) is 4.96. The smallest absolute Gasteiger partial charge is 0.128 e. The van der Waals surface area contributed by atoms with Gasteiger partial charge >= 0.3 is 0 Å². The van der Waals surface area contributed by atoms with Crippen molar-refractivity contribution in [2.24, 2.45) is 7.05 Å². The molecule has 0 aliphatic heterocycles. The van der Waals surface area contributed by atoms with E-state index in [1.165, 1.54) is 0 Å². The van der Waals surface area contributed by atoms with Crippen molar-refractivity contribution in [3.8, 4) is 17.0 Å². The van der Waals surface area contributed by atoms with Crippen molar-refractivity contribution >= 4 is 5.82 Å². The molecule has 0 bridgehead atoms. The molecule has 0 saturated carbocycles. The van der Waals surface area contributed by atoms with Gasteiger partial charge in [-0.2, -0.15) is 5.10 Å². The van der Waals surface area contributed by atoms with Gasteiger partial charge in [-0.3, -0.25) is 4.68 Å². The molecule has 2 aromatic rings. The molecule has 0 radical (unpaired) electrons. The van der Waals surface area contributed by atoms with Gasteiger partial charge in [0.25, 0.3) is 0 Å². The fourth-order valence-electron chi connectivity index (χ4n) is 2.29. The molecule has 1 aromatic carbocycles. The predicted molar refractivity (Wildman–Crippen MR) is 78.2 cm³/mol. The third-order valence-electron chi connectivity index (χ3n) is 3.47. The minimum absolute atomic E-state index is 0.315. The second-order valence-electron chi connectivity index (χ2n) is 5.12. The molecule has 2 rings (SSSR count). The van der Waals surface area contributed by atoms with E-state index in [9.17, 15) is 5.11 Å². The number of hydrogen-bond donors (Lipinski definition) is 2. The maximum Gasteiger partial charge on any atom is 0.128 e. The van der Waals surface area contributed by atoms with Crippen LogP contribution in [0.25, 0.3) is 11.3 Å². The van der Waals surface area contributed by atoms with Crippen molar-refractivity contribution in [1.82, 2.24) is 9.78 Å². The zero-order valence-electron chi connectivity index (χ0n) is 11.9. The van der Waals surface area contributed by atoms with Crippen LogP contribution in [0.4, 0.5) is 5.82 Å². The Kier molecular flexibility index (Phi) is 3.51. The standard InChI is InChI=1S/C15H21N3O/c1-5-10-6-7-11(9(2)3)14(15(10)19)12-8-13(16)18(4)17-12/h6-9,19H,5,16H2,1-4H3. The summed E-state index contributed by atoms with van der Waals surface area (Å²) in [6.07, 6.45) is 0.791. The number of hydrogen-bond acceptors (Lipinski definition) is 3. The van der Waals surface area contributed by atoms with Crippen LogP contribution in [0.5, 0.6) is 5.75 Å². The predicted octanol–water partition coefficient (Wildman–Crippen LogP) is 3.06. The van der Waals surface area contributed by atoms with Crippen molar-refractivity contribution in [3.63, 3.8) is 0 Å².